The number of imidazole rings is 1. The largest absolute Gasteiger partial charge is 0.306 e. The maximum Gasteiger partial charge on any atom is 0.261 e. The van der Waals surface area contributed by atoms with E-state index in [1.807, 2.05) is 78.3 Å². The average molecular weight is 414 g/mol. The number of hydrogen-bond donors (Lipinski definition) is 1. The summed E-state index contributed by atoms with van der Waals surface area (Å²) >= 11 is 0. The molecular weight excluding hydrogens is 394 g/mol. The summed E-state index contributed by atoms with van der Waals surface area (Å²) in [6.45, 7) is 2.03. The van der Waals surface area contributed by atoms with Crippen LogP contribution in [-0.2, 0) is 10.0 Å². The topological polar surface area (TPSA) is 63.5 Å². The molecule has 1 N–H and O–H groups in total. The Morgan fingerprint density at radius 2 is 1.67 bits per heavy atom. The molecule has 5 nitrogen and oxygen atoms in total. The van der Waals surface area contributed by atoms with Gasteiger partial charge in [0.1, 0.15) is 5.65 Å². The number of hydrogen-bond acceptors (Lipinski definition) is 3. The normalized spacial score (nSPS) is 11.8. The van der Waals surface area contributed by atoms with E-state index in [9.17, 15) is 8.42 Å². The van der Waals surface area contributed by atoms with E-state index in [1.54, 1.807) is 24.3 Å². The lowest BCUT2D eigenvalue weighted by Gasteiger charge is -2.10. The van der Waals surface area contributed by atoms with Crippen LogP contribution in [-0.4, -0.2) is 17.8 Å². The minimum absolute atomic E-state index is 0.231. The Bertz CT molecular complexity index is 1500. The van der Waals surface area contributed by atoms with Crippen molar-refractivity contribution in [2.75, 3.05) is 4.72 Å². The molecule has 0 saturated carbocycles. The van der Waals surface area contributed by atoms with E-state index in [1.165, 1.54) is 0 Å². The number of sulfonamides is 1. The van der Waals surface area contributed by atoms with Crippen molar-refractivity contribution in [1.82, 2.24) is 9.38 Å². The number of benzene rings is 3. The molecule has 0 unspecified atom stereocenters. The van der Waals surface area contributed by atoms with Crippen LogP contribution in [0.5, 0.6) is 0 Å². The van der Waals surface area contributed by atoms with Gasteiger partial charge in [0.15, 0.2) is 0 Å². The van der Waals surface area contributed by atoms with E-state index in [0.29, 0.717) is 5.69 Å². The standard InChI is InChI=1S/C24H19N3O2S/c1-17-9-12-24-25-23(16-27(24)15-17)20-7-4-8-21(13-20)26-30(28,29)22-11-10-18-5-2-3-6-19(18)14-22/h2-16,26H,1H3. The van der Waals surface area contributed by atoms with E-state index in [0.717, 1.165) is 33.2 Å². The Balaban J connectivity index is 1.48. The van der Waals surface area contributed by atoms with Crippen molar-refractivity contribution in [3.8, 4) is 11.3 Å². The Labute approximate surface area is 174 Å². The molecule has 5 rings (SSSR count). The highest BCUT2D eigenvalue weighted by Gasteiger charge is 2.15. The summed E-state index contributed by atoms with van der Waals surface area (Å²) in [4.78, 5) is 4.87. The number of fused-ring (bicyclic) bond motifs is 2. The zero-order valence-electron chi connectivity index (χ0n) is 16.3. The number of aromatic nitrogens is 2. The van der Waals surface area contributed by atoms with E-state index < -0.39 is 10.0 Å². The fourth-order valence-electron chi connectivity index (χ4n) is 3.53. The molecule has 0 radical (unpaired) electrons. The third-order valence-corrected chi connectivity index (χ3v) is 6.42. The molecule has 30 heavy (non-hydrogen) atoms. The Morgan fingerprint density at radius 3 is 2.53 bits per heavy atom. The van der Waals surface area contributed by atoms with Gasteiger partial charge in [-0.15, -0.1) is 0 Å². The van der Waals surface area contributed by atoms with Crippen molar-refractivity contribution in [3.63, 3.8) is 0 Å². The smallest absolute Gasteiger partial charge is 0.261 e. The molecule has 2 heterocycles. The third kappa shape index (κ3) is 3.42. The lowest BCUT2D eigenvalue weighted by atomic mass is 10.1. The predicted octanol–water partition coefficient (Wildman–Crippen LogP) is 5.26. The highest BCUT2D eigenvalue weighted by Crippen LogP contribution is 2.25. The summed E-state index contributed by atoms with van der Waals surface area (Å²) < 4.78 is 30.5. The van der Waals surface area contributed by atoms with Gasteiger partial charge in [0, 0.05) is 23.6 Å². The van der Waals surface area contributed by atoms with Crippen molar-refractivity contribution < 1.29 is 8.42 Å². The summed E-state index contributed by atoms with van der Waals surface area (Å²) in [5.74, 6) is 0. The van der Waals surface area contributed by atoms with Gasteiger partial charge in [-0.2, -0.15) is 0 Å². The van der Waals surface area contributed by atoms with Crippen LogP contribution in [0, 0.1) is 6.92 Å². The van der Waals surface area contributed by atoms with Gasteiger partial charge in [-0.3, -0.25) is 4.72 Å². The summed E-state index contributed by atoms with van der Waals surface area (Å²) in [6.07, 6.45) is 3.96. The molecule has 0 spiro atoms. The molecule has 0 aliphatic heterocycles. The molecule has 0 atom stereocenters. The van der Waals surface area contributed by atoms with E-state index in [2.05, 4.69) is 9.71 Å². The van der Waals surface area contributed by atoms with Gasteiger partial charge >= 0.3 is 0 Å². The van der Waals surface area contributed by atoms with Gasteiger partial charge in [-0.25, -0.2) is 13.4 Å². The van der Waals surface area contributed by atoms with Crippen molar-refractivity contribution >= 4 is 32.1 Å². The SMILES string of the molecule is Cc1ccc2nc(-c3cccc(NS(=O)(=O)c4ccc5ccccc5c4)c3)cn2c1. The predicted molar refractivity (Wildman–Crippen MR) is 120 cm³/mol. The number of nitrogens with zero attached hydrogens (tertiary/aromatic N) is 2. The monoisotopic (exact) mass is 413 g/mol. The molecule has 5 aromatic rings. The second kappa shape index (κ2) is 7.00. The van der Waals surface area contributed by atoms with E-state index in [4.69, 9.17) is 0 Å². The van der Waals surface area contributed by atoms with Gasteiger partial charge < -0.3 is 4.40 Å². The second-order valence-electron chi connectivity index (χ2n) is 7.29. The first kappa shape index (κ1) is 18.4. The van der Waals surface area contributed by atoms with Gasteiger partial charge in [-0.05, 0) is 53.6 Å². The van der Waals surface area contributed by atoms with Crippen molar-refractivity contribution in [1.29, 1.82) is 0 Å². The molecule has 0 amide bonds. The zero-order valence-corrected chi connectivity index (χ0v) is 17.1. The van der Waals surface area contributed by atoms with Crippen LogP contribution < -0.4 is 4.72 Å². The number of nitrogens with one attached hydrogen (secondary N) is 1. The number of anilines is 1. The molecule has 2 aromatic heterocycles. The van der Waals surface area contributed by atoms with Crippen LogP contribution in [0.3, 0.4) is 0 Å². The quantitative estimate of drug-likeness (QED) is 0.437. The summed E-state index contributed by atoms with van der Waals surface area (Å²) in [5.41, 5.74) is 4.11. The maximum absolute atomic E-state index is 12.9. The van der Waals surface area contributed by atoms with Crippen molar-refractivity contribution in [2.45, 2.75) is 11.8 Å². The molecule has 148 valence electrons. The Kier molecular flexibility index (Phi) is 4.29. The van der Waals surface area contributed by atoms with Crippen LogP contribution in [0.4, 0.5) is 5.69 Å². The fourth-order valence-corrected chi connectivity index (χ4v) is 4.62. The number of rotatable bonds is 4. The molecule has 3 aromatic carbocycles. The fraction of sp³-hybridized carbons (Fsp3) is 0.0417. The van der Waals surface area contributed by atoms with Crippen molar-refractivity contribution in [3.05, 3.63) is 96.8 Å². The minimum atomic E-state index is -3.71. The highest BCUT2D eigenvalue weighted by atomic mass is 32.2. The zero-order chi connectivity index (χ0) is 20.7. The Hall–Kier alpha value is -3.64. The van der Waals surface area contributed by atoms with Crippen LogP contribution in [0.1, 0.15) is 5.56 Å². The highest BCUT2D eigenvalue weighted by molar-refractivity contribution is 7.92. The molecule has 0 aliphatic carbocycles. The van der Waals surface area contributed by atoms with Gasteiger partial charge in [0.25, 0.3) is 10.0 Å². The molecule has 6 heteroatoms. The first-order valence-electron chi connectivity index (χ1n) is 9.55. The lowest BCUT2D eigenvalue weighted by Crippen LogP contribution is -2.12. The van der Waals surface area contributed by atoms with Gasteiger partial charge in [0.05, 0.1) is 10.6 Å². The van der Waals surface area contributed by atoms with Gasteiger partial charge in [-0.1, -0.05) is 48.5 Å². The summed E-state index contributed by atoms with van der Waals surface area (Å²) in [6, 6.07) is 24.1. The average Bonchev–Trinajstić information content (AvgIpc) is 3.16. The van der Waals surface area contributed by atoms with Gasteiger partial charge in [0.2, 0.25) is 0 Å². The number of aryl methyl sites for hydroxylation is 1. The molecular formula is C24H19N3O2S. The molecule has 0 aliphatic rings. The van der Waals surface area contributed by atoms with Crippen LogP contribution >= 0.6 is 0 Å². The summed E-state index contributed by atoms with van der Waals surface area (Å²) in [7, 11) is -3.71. The summed E-state index contributed by atoms with van der Waals surface area (Å²) in [5, 5.41) is 1.88. The first-order valence-corrected chi connectivity index (χ1v) is 11.0. The molecule has 0 bridgehead atoms. The van der Waals surface area contributed by atoms with Crippen LogP contribution in [0.25, 0.3) is 27.7 Å². The lowest BCUT2D eigenvalue weighted by molar-refractivity contribution is 0.601. The maximum atomic E-state index is 12.9. The van der Waals surface area contributed by atoms with Crippen LogP contribution in [0.2, 0.25) is 0 Å². The van der Waals surface area contributed by atoms with E-state index in [-0.39, 0.29) is 4.90 Å². The minimum Gasteiger partial charge on any atom is -0.306 e. The van der Waals surface area contributed by atoms with Crippen LogP contribution in [0.15, 0.2) is 96.2 Å². The molecule has 0 saturated heterocycles. The number of pyridine rings is 1. The molecule has 0 fully saturated rings. The third-order valence-electron chi connectivity index (χ3n) is 5.04. The first-order chi connectivity index (χ1) is 14.5. The van der Waals surface area contributed by atoms with E-state index >= 15 is 0 Å². The Morgan fingerprint density at radius 1 is 0.833 bits per heavy atom. The second-order valence-corrected chi connectivity index (χ2v) is 8.98. The van der Waals surface area contributed by atoms with Crippen molar-refractivity contribution in [2.24, 2.45) is 0 Å².